The van der Waals surface area contributed by atoms with E-state index >= 15 is 0 Å². The minimum atomic E-state index is -0.345. The van der Waals surface area contributed by atoms with Gasteiger partial charge in [0.15, 0.2) is 0 Å². The smallest absolute Gasteiger partial charge is 0.271 e. The first-order valence-corrected chi connectivity index (χ1v) is 11.1. The van der Waals surface area contributed by atoms with Gasteiger partial charge in [-0.15, -0.1) is 0 Å². The number of hydrogen-bond donors (Lipinski definition) is 2. The van der Waals surface area contributed by atoms with E-state index in [0.29, 0.717) is 12.3 Å². The fourth-order valence-corrected chi connectivity index (χ4v) is 4.99. The van der Waals surface area contributed by atoms with Crippen molar-refractivity contribution in [2.75, 3.05) is 19.7 Å². The average molecular weight is 420 g/mol. The second-order valence-electron chi connectivity index (χ2n) is 8.84. The molecule has 162 valence electrons. The van der Waals surface area contributed by atoms with Gasteiger partial charge in [0.25, 0.3) is 5.91 Å². The van der Waals surface area contributed by atoms with Crippen LogP contribution in [0.15, 0.2) is 42.9 Å². The molecule has 0 radical (unpaired) electrons. The number of rotatable bonds is 4. The molecule has 1 spiro atoms. The quantitative estimate of drug-likeness (QED) is 0.679. The summed E-state index contributed by atoms with van der Waals surface area (Å²) < 4.78 is 6.40. The van der Waals surface area contributed by atoms with Gasteiger partial charge in [-0.3, -0.25) is 14.7 Å². The van der Waals surface area contributed by atoms with Gasteiger partial charge in [0.05, 0.1) is 24.5 Å². The Morgan fingerprint density at radius 1 is 1.29 bits per heavy atom. The highest BCUT2D eigenvalue weighted by Crippen LogP contribution is 2.35. The van der Waals surface area contributed by atoms with Gasteiger partial charge in [-0.05, 0) is 48.9 Å². The van der Waals surface area contributed by atoms with E-state index in [1.807, 2.05) is 13.1 Å². The molecule has 2 aromatic heterocycles. The Morgan fingerprint density at radius 3 is 3.10 bits per heavy atom. The van der Waals surface area contributed by atoms with Crippen LogP contribution in [0.4, 0.5) is 0 Å². The number of morpholine rings is 1. The molecule has 2 fully saturated rings. The molecule has 2 N–H and O–H groups in total. The van der Waals surface area contributed by atoms with Crippen LogP contribution in [0.5, 0.6) is 0 Å². The summed E-state index contributed by atoms with van der Waals surface area (Å²) in [6.07, 6.45) is 9.27. The van der Waals surface area contributed by atoms with E-state index in [4.69, 9.17) is 4.74 Å². The van der Waals surface area contributed by atoms with Crippen molar-refractivity contribution in [1.29, 1.82) is 0 Å². The molecule has 1 aromatic carbocycles. The Bertz CT molecular complexity index is 1060. The van der Waals surface area contributed by atoms with Crippen molar-refractivity contribution in [3.63, 3.8) is 0 Å². The van der Waals surface area contributed by atoms with Crippen LogP contribution in [0.25, 0.3) is 10.9 Å². The van der Waals surface area contributed by atoms with Crippen molar-refractivity contribution in [2.45, 2.75) is 50.8 Å². The van der Waals surface area contributed by atoms with E-state index in [1.165, 1.54) is 10.9 Å². The number of carbonyl (C=O) groups excluding carboxylic acids is 1. The van der Waals surface area contributed by atoms with Gasteiger partial charge >= 0.3 is 0 Å². The molecule has 2 aliphatic rings. The molecule has 3 heterocycles. The molecule has 1 aliphatic heterocycles. The van der Waals surface area contributed by atoms with Crippen molar-refractivity contribution in [3.8, 4) is 0 Å². The molecule has 31 heavy (non-hydrogen) atoms. The zero-order valence-electron chi connectivity index (χ0n) is 17.9. The molecule has 1 saturated heterocycles. The number of fused-ring (bicyclic) bond motifs is 1. The highest BCUT2D eigenvalue weighted by Gasteiger charge is 2.46. The molecule has 5 rings (SSSR count). The van der Waals surface area contributed by atoms with Crippen molar-refractivity contribution in [3.05, 3.63) is 59.8 Å². The van der Waals surface area contributed by atoms with E-state index in [9.17, 15) is 4.79 Å². The fourth-order valence-electron chi connectivity index (χ4n) is 4.99. The molecule has 2 atom stereocenters. The van der Waals surface area contributed by atoms with Crippen molar-refractivity contribution >= 4 is 16.8 Å². The van der Waals surface area contributed by atoms with E-state index in [-0.39, 0.29) is 17.6 Å². The lowest BCUT2D eigenvalue weighted by Crippen LogP contribution is -2.64. The normalized spacial score (nSPS) is 24.5. The number of H-pyrrole nitrogens is 1. The standard InChI is InChI=1S/C24H29N5O2/c1-17-13-27-21(14-26-17)23(30)28-22-4-2-3-8-24(22)16-29(10-11-31-24)15-18-5-6-20-19(12-18)7-9-25-20/h5-7,9,12-14,22,25H,2-4,8,10-11,15-16H2,1H3,(H,28,30)/t22-,24-/m1/s1. The largest absolute Gasteiger partial charge is 0.370 e. The lowest BCUT2D eigenvalue weighted by atomic mass is 9.78. The molecule has 3 aromatic rings. The first-order chi connectivity index (χ1) is 15.1. The molecule has 0 bridgehead atoms. The Kier molecular flexibility index (Phi) is 5.46. The summed E-state index contributed by atoms with van der Waals surface area (Å²) in [5.74, 6) is -0.169. The number of aryl methyl sites for hydroxylation is 1. The number of benzene rings is 1. The number of carbonyl (C=O) groups is 1. The minimum Gasteiger partial charge on any atom is -0.370 e. The van der Waals surface area contributed by atoms with Gasteiger partial charge in [-0.2, -0.15) is 0 Å². The zero-order chi connectivity index (χ0) is 21.3. The van der Waals surface area contributed by atoms with Crippen LogP contribution in [0.2, 0.25) is 0 Å². The van der Waals surface area contributed by atoms with Gasteiger partial charge in [-0.1, -0.05) is 18.9 Å². The van der Waals surface area contributed by atoms with Crippen LogP contribution in [0.3, 0.4) is 0 Å². The maximum absolute atomic E-state index is 12.8. The molecule has 7 heteroatoms. The van der Waals surface area contributed by atoms with Crippen LogP contribution >= 0.6 is 0 Å². The number of hydrogen-bond acceptors (Lipinski definition) is 5. The third kappa shape index (κ3) is 4.20. The van der Waals surface area contributed by atoms with Gasteiger partial charge in [-0.25, -0.2) is 4.98 Å². The number of nitrogens with zero attached hydrogens (tertiary/aromatic N) is 3. The molecule has 1 amide bonds. The molecule has 0 unspecified atom stereocenters. The van der Waals surface area contributed by atoms with Gasteiger partial charge in [0, 0.05) is 37.5 Å². The summed E-state index contributed by atoms with van der Waals surface area (Å²) in [5, 5.41) is 4.46. The van der Waals surface area contributed by atoms with Crippen molar-refractivity contribution < 1.29 is 9.53 Å². The highest BCUT2D eigenvalue weighted by atomic mass is 16.5. The number of aromatic nitrogens is 3. The number of aromatic amines is 1. The Labute approximate surface area is 182 Å². The van der Waals surface area contributed by atoms with Crippen molar-refractivity contribution in [1.82, 2.24) is 25.2 Å². The third-order valence-corrected chi connectivity index (χ3v) is 6.61. The minimum absolute atomic E-state index is 0.0215. The summed E-state index contributed by atoms with van der Waals surface area (Å²) in [4.78, 5) is 27.0. The molecular weight excluding hydrogens is 390 g/mol. The fraction of sp³-hybridized carbons (Fsp3) is 0.458. The molecule has 1 aliphatic carbocycles. The SMILES string of the molecule is Cc1cnc(C(=O)N[C@@H]2CCCC[C@@]23CN(Cc2ccc4[nH]ccc4c2)CCO3)cn1. The first kappa shape index (κ1) is 20.2. The van der Waals surface area contributed by atoms with E-state index in [0.717, 1.165) is 56.5 Å². The highest BCUT2D eigenvalue weighted by molar-refractivity contribution is 5.92. The van der Waals surface area contributed by atoms with Crippen LogP contribution < -0.4 is 5.32 Å². The summed E-state index contributed by atoms with van der Waals surface area (Å²) in [6, 6.07) is 8.68. The maximum Gasteiger partial charge on any atom is 0.271 e. The second kappa shape index (κ2) is 8.40. The topological polar surface area (TPSA) is 83.1 Å². The van der Waals surface area contributed by atoms with E-state index < -0.39 is 0 Å². The summed E-state index contributed by atoms with van der Waals surface area (Å²) >= 11 is 0. The molecule has 7 nitrogen and oxygen atoms in total. The first-order valence-electron chi connectivity index (χ1n) is 11.1. The van der Waals surface area contributed by atoms with E-state index in [1.54, 1.807) is 12.4 Å². The zero-order valence-corrected chi connectivity index (χ0v) is 17.9. The van der Waals surface area contributed by atoms with Gasteiger partial charge in [0.1, 0.15) is 11.3 Å². The number of ether oxygens (including phenoxy) is 1. The van der Waals surface area contributed by atoms with Crippen LogP contribution in [0, 0.1) is 6.92 Å². The monoisotopic (exact) mass is 419 g/mol. The Hall–Kier alpha value is -2.77. The van der Waals surface area contributed by atoms with Crippen LogP contribution in [0.1, 0.15) is 47.4 Å². The lowest BCUT2D eigenvalue weighted by molar-refractivity contribution is -0.143. The number of amides is 1. The average Bonchev–Trinajstić information content (AvgIpc) is 3.24. The van der Waals surface area contributed by atoms with Gasteiger partial charge in [0.2, 0.25) is 0 Å². The number of nitrogens with one attached hydrogen (secondary N) is 2. The summed E-state index contributed by atoms with van der Waals surface area (Å²) in [7, 11) is 0. The van der Waals surface area contributed by atoms with Gasteiger partial charge < -0.3 is 15.0 Å². The van der Waals surface area contributed by atoms with E-state index in [2.05, 4.69) is 49.4 Å². The predicted molar refractivity (Wildman–Crippen MR) is 119 cm³/mol. The summed E-state index contributed by atoms with van der Waals surface area (Å²) in [5.41, 5.74) is 3.28. The lowest BCUT2D eigenvalue weighted by Gasteiger charge is -2.49. The van der Waals surface area contributed by atoms with Crippen molar-refractivity contribution in [2.24, 2.45) is 0 Å². The predicted octanol–water partition coefficient (Wildman–Crippen LogP) is 3.21. The van der Waals surface area contributed by atoms with Crippen LogP contribution in [-0.4, -0.2) is 57.1 Å². The summed E-state index contributed by atoms with van der Waals surface area (Å²) in [6.45, 7) is 5.15. The third-order valence-electron chi connectivity index (χ3n) is 6.61. The molecule has 1 saturated carbocycles. The Morgan fingerprint density at radius 2 is 2.23 bits per heavy atom. The Balaban J connectivity index is 1.31. The van der Waals surface area contributed by atoms with Crippen LogP contribution in [-0.2, 0) is 11.3 Å². The second-order valence-corrected chi connectivity index (χ2v) is 8.84. The molecular formula is C24H29N5O2. The maximum atomic E-state index is 12.8.